The van der Waals surface area contributed by atoms with Crippen molar-refractivity contribution in [2.45, 2.75) is 6.18 Å². The monoisotopic (exact) mass is 454 g/mol. The number of anilines is 1. The summed E-state index contributed by atoms with van der Waals surface area (Å²) in [6.07, 6.45) is -4.49. The molecule has 0 saturated carbocycles. The summed E-state index contributed by atoms with van der Waals surface area (Å²) in [6.45, 7) is 1.54. The summed E-state index contributed by atoms with van der Waals surface area (Å²) in [4.78, 5) is 15.9. The Hall–Kier alpha value is -1.39. The maximum absolute atomic E-state index is 12.6. The number of carbonyl (C=O) groups excluding carboxylic acids is 1. The van der Waals surface area contributed by atoms with E-state index in [1.54, 1.807) is 28.0 Å². The Morgan fingerprint density at radius 2 is 1.84 bits per heavy atom. The van der Waals surface area contributed by atoms with Gasteiger partial charge in [-0.2, -0.15) is 13.2 Å². The summed E-state index contributed by atoms with van der Waals surface area (Å²) in [5.41, 5.74) is 0.461. The third-order valence-corrected chi connectivity index (χ3v) is 5.31. The van der Waals surface area contributed by atoms with E-state index >= 15 is 0 Å². The van der Waals surface area contributed by atoms with Crippen molar-refractivity contribution in [2.75, 3.05) is 31.1 Å². The van der Waals surface area contributed by atoms with Gasteiger partial charge in [-0.1, -0.05) is 38.9 Å². The average molecular weight is 456 g/mol. The van der Waals surface area contributed by atoms with Crippen LogP contribution < -0.4 is 4.90 Å². The van der Waals surface area contributed by atoms with Crippen LogP contribution in [0.1, 0.15) is 15.4 Å². The van der Waals surface area contributed by atoms with E-state index in [1.807, 2.05) is 0 Å². The molecule has 5 nitrogen and oxygen atoms in total. The van der Waals surface area contributed by atoms with Crippen LogP contribution in [0.3, 0.4) is 0 Å². The number of alkyl halides is 3. The van der Waals surface area contributed by atoms with Gasteiger partial charge in [0.05, 0.1) is 0 Å². The smallest absolute Gasteiger partial charge is 0.343 e. The lowest BCUT2D eigenvalue weighted by Crippen LogP contribution is -2.48. The van der Waals surface area contributed by atoms with E-state index in [-0.39, 0.29) is 11.0 Å². The van der Waals surface area contributed by atoms with Crippen LogP contribution >= 0.6 is 38.9 Å². The van der Waals surface area contributed by atoms with Crippen LogP contribution in [0.5, 0.6) is 0 Å². The van der Waals surface area contributed by atoms with E-state index in [9.17, 15) is 18.0 Å². The van der Waals surface area contributed by atoms with Gasteiger partial charge in [0.2, 0.25) is 10.1 Å². The van der Waals surface area contributed by atoms with Gasteiger partial charge in [0, 0.05) is 41.2 Å². The van der Waals surface area contributed by atoms with Gasteiger partial charge in [-0.15, -0.1) is 10.2 Å². The third kappa shape index (κ3) is 4.24. The lowest BCUT2D eigenvalue weighted by Gasteiger charge is -2.34. The summed E-state index contributed by atoms with van der Waals surface area (Å²) in [6, 6.07) is 4.95. The fourth-order valence-electron chi connectivity index (χ4n) is 2.42. The number of halogens is 5. The zero-order valence-electron chi connectivity index (χ0n) is 12.6. The summed E-state index contributed by atoms with van der Waals surface area (Å²) in [7, 11) is 0. The standard InChI is InChI=1S/C14H11BrClF3N4OS/c15-9-5-8(6-10(16)7-9)11(24)22-1-3-23(4-2-22)13-21-20-12(25-13)14(17,18)19/h5-7H,1-4H2. The van der Waals surface area contributed by atoms with Gasteiger partial charge >= 0.3 is 6.18 Å². The molecule has 0 N–H and O–H groups in total. The minimum Gasteiger partial charge on any atom is -0.343 e. The molecule has 3 rings (SSSR count). The average Bonchev–Trinajstić information content (AvgIpc) is 3.03. The van der Waals surface area contributed by atoms with Gasteiger partial charge in [0.1, 0.15) is 0 Å². The minimum atomic E-state index is -4.49. The number of nitrogens with zero attached hydrogens (tertiary/aromatic N) is 4. The molecule has 2 heterocycles. The molecule has 25 heavy (non-hydrogen) atoms. The Bertz CT molecular complexity index is 772. The van der Waals surface area contributed by atoms with E-state index in [2.05, 4.69) is 26.1 Å². The molecular formula is C14H11BrClF3N4OS. The van der Waals surface area contributed by atoms with Crippen molar-refractivity contribution in [3.63, 3.8) is 0 Å². The highest BCUT2D eigenvalue weighted by atomic mass is 79.9. The van der Waals surface area contributed by atoms with Crippen LogP contribution in [0, 0.1) is 0 Å². The van der Waals surface area contributed by atoms with Gasteiger partial charge in [-0.05, 0) is 18.2 Å². The topological polar surface area (TPSA) is 49.3 Å². The Labute approximate surface area is 158 Å². The first-order valence-electron chi connectivity index (χ1n) is 7.15. The number of benzene rings is 1. The Kier molecular flexibility index (Phi) is 5.21. The van der Waals surface area contributed by atoms with Crippen LogP contribution in [0.15, 0.2) is 22.7 Å². The summed E-state index contributed by atoms with van der Waals surface area (Å²) in [5.74, 6) is -0.170. The van der Waals surface area contributed by atoms with Crippen LogP contribution in [0.4, 0.5) is 18.3 Å². The largest absolute Gasteiger partial charge is 0.445 e. The van der Waals surface area contributed by atoms with Crippen molar-refractivity contribution >= 4 is 49.9 Å². The van der Waals surface area contributed by atoms with Gasteiger partial charge in [0.15, 0.2) is 0 Å². The van der Waals surface area contributed by atoms with Crippen molar-refractivity contribution in [3.05, 3.63) is 38.3 Å². The van der Waals surface area contributed by atoms with Crippen molar-refractivity contribution in [2.24, 2.45) is 0 Å². The molecule has 1 fully saturated rings. The van der Waals surface area contributed by atoms with Crippen LogP contribution in [0.2, 0.25) is 5.02 Å². The molecule has 1 amide bonds. The van der Waals surface area contributed by atoms with Gasteiger partial charge in [0.25, 0.3) is 5.91 Å². The summed E-state index contributed by atoms with van der Waals surface area (Å²) < 4.78 is 38.5. The molecule has 0 aliphatic carbocycles. The highest BCUT2D eigenvalue weighted by molar-refractivity contribution is 9.10. The number of hydrogen-bond acceptors (Lipinski definition) is 5. The third-order valence-electron chi connectivity index (χ3n) is 3.60. The molecule has 0 spiro atoms. The molecule has 1 aliphatic heterocycles. The maximum atomic E-state index is 12.6. The number of rotatable bonds is 2. The molecule has 1 aromatic heterocycles. The Morgan fingerprint density at radius 3 is 2.40 bits per heavy atom. The fourth-order valence-corrected chi connectivity index (χ4v) is 4.04. The van der Waals surface area contributed by atoms with Crippen LogP contribution in [-0.4, -0.2) is 47.2 Å². The number of carbonyl (C=O) groups is 1. The molecule has 0 radical (unpaired) electrons. The van der Waals surface area contributed by atoms with Gasteiger partial charge < -0.3 is 9.80 Å². The van der Waals surface area contributed by atoms with Crippen LogP contribution in [-0.2, 0) is 6.18 Å². The summed E-state index contributed by atoms with van der Waals surface area (Å²) in [5, 5.41) is 6.48. The quantitative estimate of drug-likeness (QED) is 0.688. The van der Waals surface area contributed by atoms with E-state index in [1.165, 1.54) is 0 Å². The van der Waals surface area contributed by atoms with E-state index in [0.29, 0.717) is 52.6 Å². The van der Waals surface area contributed by atoms with Crippen molar-refractivity contribution in [1.82, 2.24) is 15.1 Å². The molecule has 1 saturated heterocycles. The molecule has 0 unspecified atom stereocenters. The number of amides is 1. The van der Waals surface area contributed by atoms with Crippen molar-refractivity contribution < 1.29 is 18.0 Å². The summed E-state index contributed by atoms with van der Waals surface area (Å²) >= 11 is 9.76. The first-order chi connectivity index (χ1) is 11.7. The van der Waals surface area contributed by atoms with Crippen molar-refractivity contribution in [1.29, 1.82) is 0 Å². The maximum Gasteiger partial charge on any atom is 0.445 e. The predicted molar refractivity (Wildman–Crippen MR) is 92.2 cm³/mol. The van der Waals surface area contributed by atoms with E-state index in [4.69, 9.17) is 11.6 Å². The second kappa shape index (κ2) is 7.08. The first-order valence-corrected chi connectivity index (χ1v) is 9.14. The lowest BCUT2D eigenvalue weighted by molar-refractivity contribution is -0.138. The minimum absolute atomic E-state index is 0.170. The Morgan fingerprint density at radius 1 is 1.16 bits per heavy atom. The zero-order chi connectivity index (χ0) is 18.2. The zero-order valence-corrected chi connectivity index (χ0v) is 15.7. The number of piperazine rings is 1. The molecule has 11 heteroatoms. The highest BCUT2D eigenvalue weighted by Gasteiger charge is 2.36. The Balaban J connectivity index is 1.65. The number of hydrogen-bond donors (Lipinski definition) is 0. The van der Waals surface area contributed by atoms with Gasteiger partial charge in [-0.25, -0.2) is 0 Å². The van der Waals surface area contributed by atoms with Gasteiger partial charge in [-0.3, -0.25) is 4.79 Å². The fraction of sp³-hybridized carbons (Fsp3) is 0.357. The molecular weight excluding hydrogens is 445 g/mol. The highest BCUT2D eigenvalue weighted by Crippen LogP contribution is 2.34. The normalized spacial score (nSPS) is 15.6. The molecule has 0 bridgehead atoms. The molecule has 0 atom stereocenters. The SMILES string of the molecule is O=C(c1cc(Cl)cc(Br)c1)N1CCN(c2nnc(C(F)(F)F)s2)CC1. The molecule has 1 aromatic carbocycles. The van der Waals surface area contributed by atoms with E-state index < -0.39 is 11.2 Å². The van der Waals surface area contributed by atoms with Crippen molar-refractivity contribution in [3.8, 4) is 0 Å². The van der Waals surface area contributed by atoms with E-state index in [0.717, 1.165) is 0 Å². The molecule has 1 aliphatic rings. The second-order valence-corrected chi connectivity index (χ2v) is 7.63. The molecule has 2 aromatic rings. The van der Waals surface area contributed by atoms with Crippen LogP contribution in [0.25, 0.3) is 0 Å². The first kappa shape index (κ1) is 18.4. The number of aromatic nitrogens is 2. The molecule has 134 valence electrons. The second-order valence-electron chi connectivity index (χ2n) is 5.32. The predicted octanol–water partition coefficient (Wildman–Crippen LogP) is 3.94. The lowest BCUT2D eigenvalue weighted by atomic mass is 10.2.